The average molecular weight is 324 g/mol. The molecule has 8 heteroatoms. The molecule has 5 N–H and O–H groups in total. The van der Waals surface area contributed by atoms with E-state index in [2.05, 4.69) is 10.3 Å². The quantitative estimate of drug-likeness (QED) is 0.722. The van der Waals surface area contributed by atoms with Gasteiger partial charge in [-0.25, -0.2) is 18.2 Å². The molecule has 0 fully saturated rings. The molecule has 0 saturated carbocycles. The molecule has 0 saturated heterocycles. The van der Waals surface area contributed by atoms with Gasteiger partial charge in [0.25, 0.3) is 0 Å². The maximum absolute atomic E-state index is 13.5. The fraction of sp³-hybridized carbons (Fsp3) is 0.200. The van der Waals surface area contributed by atoms with Gasteiger partial charge in [0.15, 0.2) is 11.6 Å². The predicted octanol–water partition coefficient (Wildman–Crippen LogP) is 1.27. The predicted molar refractivity (Wildman–Crippen MR) is 78.5 cm³/mol. The van der Waals surface area contributed by atoms with Gasteiger partial charge in [-0.3, -0.25) is 4.79 Å². The number of anilines is 1. The lowest BCUT2D eigenvalue weighted by Gasteiger charge is -2.13. The van der Waals surface area contributed by atoms with E-state index < -0.39 is 29.4 Å². The van der Waals surface area contributed by atoms with Crippen LogP contribution in [0.15, 0.2) is 30.5 Å². The van der Waals surface area contributed by atoms with Gasteiger partial charge in [0.1, 0.15) is 11.6 Å². The third-order valence-corrected chi connectivity index (χ3v) is 3.18. The van der Waals surface area contributed by atoms with E-state index >= 15 is 0 Å². The highest BCUT2D eigenvalue weighted by Crippen LogP contribution is 2.15. The second-order valence-electron chi connectivity index (χ2n) is 4.98. The number of nitrogens with zero attached hydrogens (tertiary/aromatic N) is 1. The highest BCUT2D eigenvalue weighted by Gasteiger charge is 2.18. The van der Waals surface area contributed by atoms with Crippen molar-refractivity contribution in [2.45, 2.75) is 19.0 Å². The summed E-state index contributed by atoms with van der Waals surface area (Å²) in [7, 11) is 0. The summed E-state index contributed by atoms with van der Waals surface area (Å²) in [4.78, 5) is 15.7. The Hall–Kier alpha value is -2.61. The molecule has 5 nitrogen and oxygen atoms in total. The molecule has 0 aliphatic rings. The summed E-state index contributed by atoms with van der Waals surface area (Å²) in [5.74, 6) is -3.63. The van der Waals surface area contributed by atoms with Crippen LogP contribution < -0.4 is 16.8 Å². The first-order valence-electron chi connectivity index (χ1n) is 6.74. The molecule has 0 radical (unpaired) electrons. The number of carbonyl (C=O) groups is 1. The van der Waals surface area contributed by atoms with Crippen LogP contribution >= 0.6 is 0 Å². The topological polar surface area (TPSA) is 94.0 Å². The first kappa shape index (κ1) is 16.8. The third-order valence-electron chi connectivity index (χ3n) is 3.18. The van der Waals surface area contributed by atoms with E-state index in [1.165, 1.54) is 6.20 Å². The second-order valence-corrected chi connectivity index (χ2v) is 4.98. The second kappa shape index (κ2) is 7.10. The monoisotopic (exact) mass is 324 g/mol. The van der Waals surface area contributed by atoms with Gasteiger partial charge in [0, 0.05) is 18.8 Å². The van der Waals surface area contributed by atoms with Crippen molar-refractivity contribution >= 4 is 11.7 Å². The normalized spacial score (nSPS) is 12.0. The minimum atomic E-state index is -1.29. The fourth-order valence-electron chi connectivity index (χ4n) is 1.91. The van der Waals surface area contributed by atoms with Gasteiger partial charge in [-0.1, -0.05) is 6.07 Å². The molecule has 0 spiro atoms. The van der Waals surface area contributed by atoms with Crippen molar-refractivity contribution in [1.82, 2.24) is 10.3 Å². The first-order chi connectivity index (χ1) is 10.9. The zero-order valence-electron chi connectivity index (χ0n) is 12.0. The van der Waals surface area contributed by atoms with Crippen LogP contribution in [-0.2, 0) is 17.8 Å². The van der Waals surface area contributed by atoms with Crippen molar-refractivity contribution < 1.29 is 18.0 Å². The van der Waals surface area contributed by atoms with Crippen molar-refractivity contribution in [3.05, 3.63) is 59.0 Å². The summed E-state index contributed by atoms with van der Waals surface area (Å²) in [6.07, 6.45) is 1.24. The van der Waals surface area contributed by atoms with Gasteiger partial charge in [0.2, 0.25) is 5.91 Å². The van der Waals surface area contributed by atoms with Crippen molar-refractivity contribution in [1.29, 1.82) is 0 Å². The smallest absolute Gasteiger partial charge is 0.237 e. The van der Waals surface area contributed by atoms with Crippen LogP contribution in [0.3, 0.4) is 0 Å². The largest absolute Gasteiger partial charge is 0.384 e. The molecule has 2 aromatic rings. The number of nitrogens with one attached hydrogen (secondary N) is 1. The van der Waals surface area contributed by atoms with Crippen molar-refractivity contribution in [3.8, 4) is 0 Å². The summed E-state index contributed by atoms with van der Waals surface area (Å²) in [6, 6.07) is 3.29. The number of nitrogen functional groups attached to an aromatic ring is 1. The van der Waals surface area contributed by atoms with Gasteiger partial charge in [0.05, 0.1) is 6.04 Å². The number of pyridine rings is 1. The molecule has 122 valence electrons. The SMILES string of the molecule is Nc1ccc(CNC(=O)[C@@H](N)Cc2cc(F)c(F)cc2F)cn1. The van der Waals surface area contributed by atoms with E-state index in [-0.39, 0.29) is 18.5 Å². The van der Waals surface area contributed by atoms with E-state index in [1.54, 1.807) is 12.1 Å². The summed E-state index contributed by atoms with van der Waals surface area (Å²) in [5, 5.41) is 2.55. The van der Waals surface area contributed by atoms with Gasteiger partial charge in [-0.15, -0.1) is 0 Å². The lowest BCUT2D eigenvalue weighted by atomic mass is 10.0. The number of carbonyl (C=O) groups excluding carboxylic acids is 1. The van der Waals surface area contributed by atoms with Crippen molar-refractivity contribution in [2.75, 3.05) is 5.73 Å². The third kappa shape index (κ3) is 4.43. The first-order valence-corrected chi connectivity index (χ1v) is 6.74. The summed E-state index contributed by atoms with van der Waals surface area (Å²) < 4.78 is 39.5. The van der Waals surface area contributed by atoms with Crippen LogP contribution in [0.4, 0.5) is 19.0 Å². The molecule has 1 aromatic carbocycles. The highest BCUT2D eigenvalue weighted by atomic mass is 19.2. The van der Waals surface area contributed by atoms with Crippen LogP contribution in [-0.4, -0.2) is 16.9 Å². The van der Waals surface area contributed by atoms with Crippen LogP contribution in [0.25, 0.3) is 0 Å². The molecular formula is C15H15F3N4O. The fourth-order valence-corrected chi connectivity index (χ4v) is 1.91. The Kier molecular flexibility index (Phi) is 5.17. The Morgan fingerprint density at radius 1 is 1.17 bits per heavy atom. The number of hydrogen-bond donors (Lipinski definition) is 3. The zero-order chi connectivity index (χ0) is 17.0. The number of rotatable bonds is 5. The molecule has 1 atom stereocenters. The number of halogens is 3. The number of hydrogen-bond acceptors (Lipinski definition) is 4. The Labute approximate surface area is 130 Å². The van der Waals surface area contributed by atoms with Gasteiger partial charge >= 0.3 is 0 Å². The molecule has 0 bridgehead atoms. The number of benzene rings is 1. The van der Waals surface area contributed by atoms with E-state index in [0.717, 1.165) is 0 Å². The van der Waals surface area contributed by atoms with E-state index in [1.807, 2.05) is 0 Å². The van der Waals surface area contributed by atoms with Gasteiger partial charge in [-0.2, -0.15) is 0 Å². The Morgan fingerprint density at radius 2 is 1.87 bits per heavy atom. The lowest BCUT2D eigenvalue weighted by Crippen LogP contribution is -2.41. The van der Waals surface area contributed by atoms with Crippen LogP contribution in [0.5, 0.6) is 0 Å². The average Bonchev–Trinajstić information content (AvgIpc) is 2.51. The van der Waals surface area contributed by atoms with E-state index in [0.29, 0.717) is 23.5 Å². The minimum absolute atomic E-state index is 0.166. The van der Waals surface area contributed by atoms with Gasteiger partial charge in [-0.05, 0) is 29.7 Å². The lowest BCUT2D eigenvalue weighted by molar-refractivity contribution is -0.122. The van der Waals surface area contributed by atoms with Crippen molar-refractivity contribution in [2.24, 2.45) is 5.73 Å². The molecule has 1 heterocycles. The van der Waals surface area contributed by atoms with Crippen LogP contribution in [0.1, 0.15) is 11.1 Å². The minimum Gasteiger partial charge on any atom is -0.384 e. The molecule has 1 amide bonds. The van der Waals surface area contributed by atoms with E-state index in [4.69, 9.17) is 11.5 Å². The summed E-state index contributed by atoms with van der Waals surface area (Å²) in [5.41, 5.74) is 11.6. The molecule has 0 aliphatic heterocycles. The molecule has 2 rings (SSSR count). The number of amides is 1. The van der Waals surface area contributed by atoms with Crippen LogP contribution in [0.2, 0.25) is 0 Å². The zero-order valence-corrected chi connectivity index (χ0v) is 12.0. The molecule has 0 aliphatic carbocycles. The highest BCUT2D eigenvalue weighted by molar-refractivity contribution is 5.81. The molecule has 23 heavy (non-hydrogen) atoms. The summed E-state index contributed by atoms with van der Waals surface area (Å²) >= 11 is 0. The number of nitrogens with two attached hydrogens (primary N) is 2. The standard InChI is InChI=1S/C15H15F3N4O/c16-10-5-12(18)11(17)3-9(10)4-13(19)15(23)22-7-8-1-2-14(20)21-6-8/h1-3,5-6,13H,4,7,19H2,(H2,20,21)(H,22,23)/t13-/m0/s1. The molecule has 1 aromatic heterocycles. The Balaban J connectivity index is 1.95. The maximum Gasteiger partial charge on any atom is 0.237 e. The van der Waals surface area contributed by atoms with Crippen molar-refractivity contribution in [3.63, 3.8) is 0 Å². The molecule has 0 unspecified atom stereocenters. The maximum atomic E-state index is 13.5. The summed E-state index contributed by atoms with van der Waals surface area (Å²) in [6.45, 7) is 0.167. The Morgan fingerprint density at radius 3 is 2.52 bits per heavy atom. The van der Waals surface area contributed by atoms with Crippen LogP contribution in [0, 0.1) is 17.5 Å². The Bertz CT molecular complexity index is 707. The van der Waals surface area contributed by atoms with Gasteiger partial charge < -0.3 is 16.8 Å². The molecular weight excluding hydrogens is 309 g/mol. The van der Waals surface area contributed by atoms with E-state index in [9.17, 15) is 18.0 Å². The number of aromatic nitrogens is 1.